The number of carbonyl (C=O) groups excluding carboxylic acids is 1. The molecular formula is C18H20N2O3. The second-order valence-electron chi connectivity index (χ2n) is 5.40. The summed E-state index contributed by atoms with van der Waals surface area (Å²) in [5.74, 6) is 1.14. The molecule has 0 N–H and O–H groups in total. The maximum Gasteiger partial charge on any atom is 0.265 e. The van der Waals surface area contributed by atoms with Gasteiger partial charge in [-0.05, 0) is 24.3 Å². The smallest absolute Gasteiger partial charge is 0.265 e. The molecule has 1 heterocycles. The van der Waals surface area contributed by atoms with E-state index in [0.29, 0.717) is 18.0 Å². The van der Waals surface area contributed by atoms with Crippen LogP contribution in [0.2, 0.25) is 0 Å². The van der Waals surface area contributed by atoms with Crippen molar-refractivity contribution < 1.29 is 14.3 Å². The van der Waals surface area contributed by atoms with Crippen LogP contribution in [0.5, 0.6) is 11.5 Å². The van der Waals surface area contributed by atoms with Crippen molar-refractivity contribution in [1.29, 1.82) is 0 Å². The zero-order valence-electron chi connectivity index (χ0n) is 13.4. The molecule has 120 valence electrons. The number of anilines is 2. The van der Waals surface area contributed by atoms with Crippen LogP contribution in [0, 0.1) is 0 Å². The summed E-state index contributed by atoms with van der Waals surface area (Å²) in [6, 6.07) is 15.2. The predicted octanol–water partition coefficient (Wildman–Crippen LogP) is 2.56. The number of amides is 1. The van der Waals surface area contributed by atoms with Crippen LogP contribution in [0.15, 0.2) is 48.5 Å². The lowest BCUT2D eigenvalue weighted by atomic mass is 10.1. The Balaban J connectivity index is 1.73. The van der Waals surface area contributed by atoms with Gasteiger partial charge in [0.25, 0.3) is 5.91 Å². The maximum atomic E-state index is 12.6. The first-order valence-electron chi connectivity index (χ1n) is 7.57. The number of methoxy groups -OCH3 is 1. The second kappa shape index (κ2) is 6.60. The lowest BCUT2D eigenvalue weighted by molar-refractivity contribution is -0.120. The molecule has 1 aliphatic rings. The summed E-state index contributed by atoms with van der Waals surface area (Å²) in [6.45, 7) is 1.44. The molecule has 0 atom stereocenters. The molecule has 0 radical (unpaired) electrons. The highest BCUT2D eigenvalue weighted by Crippen LogP contribution is 2.32. The van der Waals surface area contributed by atoms with E-state index in [2.05, 4.69) is 4.90 Å². The number of hydrogen-bond acceptors (Lipinski definition) is 4. The van der Waals surface area contributed by atoms with Gasteiger partial charge in [-0.3, -0.25) is 4.79 Å². The van der Waals surface area contributed by atoms with Gasteiger partial charge in [-0.2, -0.15) is 0 Å². The summed E-state index contributed by atoms with van der Waals surface area (Å²) in [5, 5.41) is 0. The molecular weight excluding hydrogens is 292 g/mol. The van der Waals surface area contributed by atoms with Gasteiger partial charge in [0.15, 0.2) is 18.1 Å². The zero-order chi connectivity index (χ0) is 16.2. The standard InChI is InChI=1S/C18H20N2O3/c1-19-11-12-20(15-8-4-3-7-14(15)19)18(21)13-23-17-10-6-5-9-16(17)22-2/h3-10H,11-13H2,1-2H3. The highest BCUT2D eigenvalue weighted by Gasteiger charge is 2.25. The molecule has 0 fully saturated rings. The number of ether oxygens (including phenoxy) is 2. The molecule has 5 heteroatoms. The van der Waals surface area contributed by atoms with Crippen LogP contribution in [0.4, 0.5) is 11.4 Å². The Labute approximate surface area is 136 Å². The molecule has 23 heavy (non-hydrogen) atoms. The Morgan fingerprint density at radius 2 is 1.65 bits per heavy atom. The van der Waals surface area contributed by atoms with Gasteiger partial charge in [0.05, 0.1) is 18.5 Å². The number of likely N-dealkylation sites (N-methyl/N-ethyl adjacent to an activating group) is 1. The third kappa shape index (κ3) is 3.08. The van der Waals surface area contributed by atoms with Crippen molar-refractivity contribution in [2.24, 2.45) is 0 Å². The van der Waals surface area contributed by atoms with Crippen molar-refractivity contribution in [1.82, 2.24) is 0 Å². The van der Waals surface area contributed by atoms with Crippen molar-refractivity contribution in [2.75, 3.05) is 43.7 Å². The van der Waals surface area contributed by atoms with Gasteiger partial charge in [-0.15, -0.1) is 0 Å². The molecule has 0 aliphatic carbocycles. The number of benzene rings is 2. The van der Waals surface area contributed by atoms with Gasteiger partial charge in [-0.25, -0.2) is 0 Å². The minimum atomic E-state index is -0.0588. The van der Waals surface area contributed by atoms with Crippen molar-refractivity contribution in [2.45, 2.75) is 0 Å². The van der Waals surface area contributed by atoms with E-state index in [-0.39, 0.29) is 12.5 Å². The molecule has 2 aromatic carbocycles. The largest absolute Gasteiger partial charge is 0.493 e. The average molecular weight is 312 g/mol. The number of fused-ring (bicyclic) bond motifs is 1. The average Bonchev–Trinajstić information content (AvgIpc) is 2.60. The van der Waals surface area contributed by atoms with E-state index in [4.69, 9.17) is 9.47 Å². The second-order valence-corrected chi connectivity index (χ2v) is 5.40. The Hall–Kier alpha value is -2.69. The first kappa shape index (κ1) is 15.2. The summed E-state index contributed by atoms with van der Waals surface area (Å²) in [7, 11) is 3.62. The van der Waals surface area contributed by atoms with Crippen LogP contribution in [-0.2, 0) is 4.79 Å². The van der Waals surface area contributed by atoms with Crippen LogP contribution in [0.25, 0.3) is 0 Å². The summed E-state index contributed by atoms with van der Waals surface area (Å²) in [5.41, 5.74) is 1.99. The Morgan fingerprint density at radius 1 is 1.00 bits per heavy atom. The lowest BCUT2D eigenvalue weighted by Gasteiger charge is -2.35. The van der Waals surface area contributed by atoms with E-state index in [9.17, 15) is 4.79 Å². The molecule has 0 bridgehead atoms. The maximum absolute atomic E-state index is 12.6. The van der Waals surface area contributed by atoms with Gasteiger partial charge >= 0.3 is 0 Å². The molecule has 0 saturated carbocycles. The lowest BCUT2D eigenvalue weighted by Crippen LogP contribution is -2.44. The van der Waals surface area contributed by atoms with E-state index in [1.54, 1.807) is 18.1 Å². The molecule has 2 aromatic rings. The fourth-order valence-electron chi connectivity index (χ4n) is 2.72. The van der Waals surface area contributed by atoms with Crippen LogP contribution in [0.3, 0.4) is 0 Å². The molecule has 1 aliphatic heterocycles. The number of hydrogen-bond donors (Lipinski definition) is 0. The summed E-state index contributed by atoms with van der Waals surface area (Å²) in [6.07, 6.45) is 0. The highest BCUT2D eigenvalue weighted by atomic mass is 16.5. The van der Waals surface area contributed by atoms with E-state index in [1.165, 1.54) is 0 Å². The van der Waals surface area contributed by atoms with Crippen molar-refractivity contribution in [3.05, 3.63) is 48.5 Å². The van der Waals surface area contributed by atoms with E-state index in [0.717, 1.165) is 17.9 Å². The van der Waals surface area contributed by atoms with Gasteiger partial charge in [-0.1, -0.05) is 24.3 Å². The molecule has 1 amide bonds. The molecule has 5 nitrogen and oxygen atoms in total. The minimum Gasteiger partial charge on any atom is -0.493 e. The van der Waals surface area contributed by atoms with E-state index in [1.807, 2.05) is 49.5 Å². The van der Waals surface area contributed by atoms with Gasteiger partial charge in [0.1, 0.15) is 0 Å². The molecule has 0 spiro atoms. The predicted molar refractivity (Wildman–Crippen MR) is 90.6 cm³/mol. The third-order valence-corrected chi connectivity index (χ3v) is 3.96. The van der Waals surface area contributed by atoms with Gasteiger partial charge < -0.3 is 19.3 Å². The Kier molecular flexibility index (Phi) is 4.37. The van der Waals surface area contributed by atoms with Gasteiger partial charge in [0, 0.05) is 20.1 Å². The number of rotatable bonds is 4. The zero-order valence-corrected chi connectivity index (χ0v) is 13.4. The Bertz CT molecular complexity index is 702. The van der Waals surface area contributed by atoms with Crippen molar-refractivity contribution >= 4 is 17.3 Å². The fourth-order valence-corrected chi connectivity index (χ4v) is 2.72. The minimum absolute atomic E-state index is 0.0155. The highest BCUT2D eigenvalue weighted by molar-refractivity contribution is 5.98. The topological polar surface area (TPSA) is 42.0 Å². The van der Waals surface area contributed by atoms with Crippen molar-refractivity contribution in [3.8, 4) is 11.5 Å². The molecule has 0 saturated heterocycles. The normalized spacial score (nSPS) is 13.5. The van der Waals surface area contributed by atoms with Gasteiger partial charge in [0.2, 0.25) is 0 Å². The SMILES string of the molecule is COc1ccccc1OCC(=O)N1CCN(C)c2ccccc21. The number of carbonyl (C=O) groups is 1. The van der Waals surface area contributed by atoms with Crippen LogP contribution >= 0.6 is 0 Å². The molecule has 3 rings (SSSR count). The number of nitrogens with zero attached hydrogens (tertiary/aromatic N) is 2. The Morgan fingerprint density at radius 3 is 2.39 bits per heavy atom. The summed E-state index contributed by atoms with van der Waals surface area (Å²) in [4.78, 5) is 16.5. The third-order valence-electron chi connectivity index (χ3n) is 3.96. The van der Waals surface area contributed by atoms with E-state index >= 15 is 0 Å². The van der Waals surface area contributed by atoms with Crippen LogP contribution in [0.1, 0.15) is 0 Å². The number of para-hydroxylation sites is 4. The summed E-state index contributed by atoms with van der Waals surface area (Å²) >= 11 is 0. The van der Waals surface area contributed by atoms with Crippen molar-refractivity contribution in [3.63, 3.8) is 0 Å². The first-order chi connectivity index (χ1) is 11.2. The molecule has 0 aromatic heterocycles. The first-order valence-corrected chi connectivity index (χ1v) is 7.57. The van der Waals surface area contributed by atoms with Crippen LogP contribution < -0.4 is 19.3 Å². The van der Waals surface area contributed by atoms with E-state index < -0.39 is 0 Å². The fraction of sp³-hybridized carbons (Fsp3) is 0.278. The summed E-state index contributed by atoms with van der Waals surface area (Å²) < 4.78 is 10.9. The molecule has 0 unspecified atom stereocenters. The monoisotopic (exact) mass is 312 g/mol. The quantitative estimate of drug-likeness (QED) is 0.870. The van der Waals surface area contributed by atoms with Crippen LogP contribution in [-0.4, -0.2) is 39.8 Å².